The van der Waals surface area contributed by atoms with Crippen LogP contribution in [-0.4, -0.2) is 11.9 Å². The van der Waals surface area contributed by atoms with E-state index in [-0.39, 0.29) is 11.9 Å². The van der Waals surface area contributed by atoms with Gasteiger partial charge in [-0.2, -0.15) is 0 Å². The minimum Gasteiger partial charge on any atom is -0.491 e. The molecule has 3 rings (SSSR count). The number of carbonyl (C=O) groups excluding carboxylic acids is 1. The molecule has 0 bridgehead atoms. The Balaban J connectivity index is 1.64. The summed E-state index contributed by atoms with van der Waals surface area (Å²) in [6.07, 6.45) is 2.30. The summed E-state index contributed by atoms with van der Waals surface area (Å²) in [7, 11) is 0. The smallest absolute Gasteiger partial charge is 0.248 e. The largest absolute Gasteiger partial charge is 0.491 e. The molecule has 1 amide bonds. The van der Waals surface area contributed by atoms with Crippen LogP contribution in [0.3, 0.4) is 0 Å². The minimum atomic E-state index is -0.0835. The van der Waals surface area contributed by atoms with Crippen molar-refractivity contribution in [2.24, 2.45) is 0 Å². The van der Waals surface area contributed by atoms with Crippen LogP contribution in [0, 0.1) is 6.92 Å². The molecular formula is C19H19NO2. The van der Waals surface area contributed by atoms with Crippen molar-refractivity contribution >= 4 is 5.91 Å². The Hall–Kier alpha value is -2.55. The highest BCUT2D eigenvalue weighted by Crippen LogP contribution is 2.18. The second-order valence-electron chi connectivity index (χ2n) is 5.57. The monoisotopic (exact) mass is 293 g/mol. The fraction of sp³-hybridized carbons (Fsp3) is 0.211. The molecule has 0 saturated heterocycles. The van der Waals surface area contributed by atoms with E-state index in [1.807, 2.05) is 30.3 Å². The van der Waals surface area contributed by atoms with Crippen molar-refractivity contribution in [1.82, 2.24) is 5.32 Å². The van der Waals surface area contributed by atoms with Gasteiger partial charge in [0.15, 0.2) is 0 Å². The van der Waals surface area contributed by atoms with Gasteiger partial charge in [-0.25, -0.2) is 0 Å². The summed E-state index contributed by atoms with van der Waals surface area (Å²) in [6.45, 7) is 2.54. The summed E-state index contributed by atoms with van der Waals surface area (Å²) in [5.41, 5.74) is 3.51. The zero-order valence-electron chi connectivity index (χ0n) is 12.6. The van der Waals surface area contributed by atoms with Crippen molar-refractivity contribution < 1.29 is 9.53 Å². The Labute approximate surface area is 130 Å². The van der Waals surface area contributed by atoms with Crippen LogP contribution in [0.25, 0.3) is 0 Å². The van der Waals surface area contributed by atoms with Crippen molar-refractivity contribution in [3.8, 4) is 0 Å². The normalized spacial score (nSPS) is 17.0. The standard InChI is InChI=1S/C19H19NO2/c1-14-7-9-16(10-8-14)13-22-18-12-19(21)20-17(18)11-15-5-3-2-4-6-15/h2-10,12,17H,11,13H2,1H3,(H,20,21). The summed E-state index contributed by atoms with van der Waals surface area (Å²) in [4.78, 5) is 11.6. The zero-order valence-corrected chi connectivity index (χ0v) is 12.6. The molecule has 0 aromatic heterocycles. The first-order valence-electron chi connectivity index (χ1n) is 7.45. The summed E-state index contributed by atoms with van der Waals surface area (Å²) < 4.78 is 5.86. The number of benzene rings is 2. The second-order valence-corrected chi connectivity index (χ2v) is 5.57. The number of rotatable bonds is 5. The van der Waals surface area contributed by atoms with Crippen LogP contribution < -0.4 is 5.32 Å². The van der Waals surface area contributed by atoms with Crippen molar-refractivity contribution in [2.75, 3.05) is 0 Å². The van der Waals surface area contributed by atoms with Crippen molar-refractivity contribution in [2.45, 2.75) is 26.0 Å². The van der Waals surface area contributed by atoms with E-state index < -0.39 is 0 Å². The highest BCUT2D eigenvalue weighted by Gasteiger charge is 2.25. The van der Waals surface area contributed by atoms with Crippen molar-refractivity contribution in [3.05, 3.63) is 83.1 Å². The van der Waals surface area contributed by atoms with Crippen LogP contribution in [0.4, 0.5) is 0 Å². The van der Waals surface area contributed by atoms with E-state index in [1.54, 1.807) is 6.08 Å². The Bertz CT molecular complexity index is 674. The lowest BCUT2D eigenvalue weighted by atomic mass is 10.1. The minimum absolute atomic E-state index is 0.0830. The number of hydrogen-bond acceptors (Lipinski definition) is 2. The van der Waals surface area contributed by atoms with Gasteiger partial charge in [0.1, 0.15) is 12.4 Å². The van der Waals surface area contributed by atoms with Gasteiger partial charge >= 0.3 is 0 Å². The number of hydrogen-bond donors (Lipinski definition) is 1. The molecule has 1 N–H and O–H groups in total. The van der Waals surface area contributed by atoms with E-state index in [9.17, 15) is 4.79 Å². The first kappa shape index (κ1) is 14.4. The number of ether oxygens (including phenoxy) is 1. The van der Waals surface area contributed by atoms with E-state index >= 15 is 0 Å². The van der Waals surface area contributed by atoms with Gasteiger partial charge in [-0.15, -0.1) is 0 Å². The van der Waals surface area contributed by atoms with Crippen molar-refractivity contribution in [3.63, 3.8) is 0 Å². The average Bonchev–Trinajstić information content (AvgIpc) is 2.87. The Kier molecular flexibility index (Phi) is 4.24. The molecule has 112 valence electrons. The van der Waals surface area contributed by atoms with E-state index in [1.165, 1.54) is 11.1 Å². The van der Waals surface area contributed by atoms with Crippen LogP contribution in [0.2, 0.25) is 0 Å². The van der Waals surface area contributed by atoms with Gasteiger partial charge in [0.05, 0.1) is 6.04 Å². The van der Waals surface area contributed by atoms with E-state index in [0.717, 1.165) is 17.7 Å². The Morgan fingerprint density at radius 2 is 1.73 bits per heavy atom. The summed E-state index contributed by atoms with van der Waals surface area (Å²) in [5, 5.41) is 2.94. The molecule has 0 aliphatic carbocycles. The van der Waals surface area contributed by atoms with E-state index in [4.69, 9.17) is 4.74 Å². The molecule has 0 spiro atoms. The maximum absolute atomic E-state index is 11.6. The molecule has 0 radical (unpaired) electrons. The molecule has 2 aromatic carbocycles. The third kappa shape index (κ3) is 3.55. The van der Waals surface area contributed by atoms with Gasteiger partial charge in [-0.1, -0.05) is 60.2 Å². The predicted molar refractivity (Wildman–Crippen MR) is 86.1 cm³/mol. The fourth-order valence-corrected chi connectivity index (χ4v) is 2.51. The second kappa shape index (κ2) is 6.48. The van der Waals surface area contributed by atoms with Crippen LogP contribution in [0.1, 0.15) is 16.7 Å². The molecule has 0 saturated carbocycles. The molecule has 1 unspecified atom stereocenters. The number of aryl methyl sites for hydroxylation is 1. The first-order chi connectivity index (χ1) is 10.7. The van der Waals surface area contributed by atoms with Gasteiger partial charge in [-0.3, -0.25) is 4.79 Å². The first-order valence-corrected chi connectivity index (χ1v) is 7.45. The van der Waals surface area contributed by atoms with Crippen LogP contribution in [0.15, 0.2) is 66.4 Å². The lowest BCUT2D eigenvalue weighted by molar-refractivity contribution is -0.116. The third-order valence-electron chi connectivity index (χ3n) is 3.74. The van der Waals surface area contributed by atoms with Crippen LogP contribution >= 0.6 is 0 Å². The van der Waals surface area contributed by atoms with Gasteiger partial charge in [-0.05, 0) is 24.5 Å². The number of nitrogens with one attached hydrogen (secondary N) is 1. The summed E-state index contributed by atoms with van der Waals surface area (Å²) >= 11 is 0. The summed E-state index contributed by atoms with van der Waals surface area (Å²) in [6, 6.07) is 18.2. The van der Waals surface area contributed by atoms with E-state index in [0.29, 0.717) is 6.61 Å². The van der Waals surface area contributed by atoms with Crippen LogP contribution in [0.5, 0.6) is 0 Å². The van der Waals surface area contributed by atoms with Crippen molar-refractivity contribution in [1.29, 1.82) is 0 Å². The fourth-order valence-electron chi connectivity index (χ4n) is 2.51. The van der Waals surface area contributed by atoms with Gasteiger partial charge in [0, 0.05) is 6.08 Å². The van der Waals surface area contributed by atoms with Gasteiger partial charge in [0.25, 0.3) is 0 Å². The molecule has 1 atom stereocenters. The van der Waals surface area contributed by atoms with Crippen LogP contribution in [-0.2, 0) is 22.6 Å². The molecule has 0 fully saturated rings. The zero-order chi connectivity index (χ0) is 15.4. The molecule has 2 aromatic rings. The molecule has 1 heterocycles. The molecule has 1 aliphatic rings. The third-order valence-corrected chi connectivity index (χ3v) is 3.74. The molecule has 1 aliphatic heterocycles. The van der Waals surface area contributed by atoms with E-state index in [2.05, 4.69) is 36.5 Å². The highest BCUT2D eigenvalue weighted by atomic mass is 16.5. The molecule has 22 heavy (non-hydrogen) atoms. The lowest BCUT2D eigenvalue weighted by Crippen LogP contribution is -2.31. The molecule has 3 nitrogen and oxygen atoms in total. The summed E-state index contributed by atoms with van der Waals surface area (Å²) in [5.74, 6) is 0.634. The van der Waals surface area contributed by atoms with Gasteiger partial charge < -0.3 is 10.1 Å². The topological polar surface area (TPSA) is 38.3 Å². The maximum Gasteiger partial charge on any atom is 0.248 e. The Morgan fingerprint density at radius 1 is 1.00 bits per heavy atom. The highest BCUT2D eigenvalue weighted by molar-refractivity contribution is 5.91. The lowest BCUT2D eigenvalue weighted by Gasteiger charge is -2.16. The van der Waals surface area contributed by atoms with Gasteiger partial charge in [0.2, 0.25) is 5.91 Å². The predicted octanol–water partition coefficient (Wildman–Crippen LogP) is 3.14. The Morgan fingerprint density at radius 3 is 2.45 bits per heavy atom. The number of carbonyl (C=O) groups is 1. The number of amides is 1. The quantitative estimate of drug-likeness (QED) is 0.919. The molecule has 3 heteroatoms. The SMILES string of the molecule is Cc1ccc(COC2=CC(=O)NC2Cc2ccccc2)cc1. The average molecular weight is 293 g/mol. The maximum atomic E-state index is 11.6. The molecular weight excluding hydrogens is 274 g/mol.